The molecular weight excluding hydrogens is 198 g/mol. The molecular formula is C14H31NO. The van der Waals surface area contributed by atoms with E-state index >= 15 is 0 Å². The van der Waals surface area contributed by atoms with Crippen LogP contribution < -0.4 is 5.73 Å². The summed E-state index contributed by atoms with van der Waals surface area (Å²) in [4.78, 5) is 0. The molecule has 0 bridgehead atoms. The maximum atomic E-state index is 6.00. The molecule has 0 rings (SSSR count). The molecule has 2 nitrogen and oxygen atoms in total. The molecule has 16 heavy (non-hydrogen) atoms. The predicted octanol–water partition coefficient (Wildman–Crippen LogP) is 3.88. The molecule has 0 spiro atoms. The molecule has 0 radical (unpaired) electrons. The Balaban J connectivity index is 3.06. The van der Waals surface area contributed by atoms with Crippen LogP contribution in [0.4, 0.5) is 0 Å². The first-order valence-electron chi connectivity index (χ1n) is 7.14. The Bertz CT molecular complexity index is 128. The van der Waals surface area contributed by atoms with Crippen molar-refractivity contribution in [3.05, 3.63) is 0 Å². The largest absolute Gasteiger partial charge is 0.382 e. The summed E-state index contributed by atoms with van der Waals surface area (Å²) in [6.07, 6.45) is 11.8. The van der Waals surface area contributed by atoms with Crippen LogP contribution in [0.3, 0.4) is 0 Å². The van der Waals surface area contributed by atoms with Crippen molar-refractivity contribution in [1.82, 2.24) is 0 Å². The van der Waals surface area contributed by atoms with Crippen molar-refractivity contribution in [1.29, 1.82) is 0 Å². The Morgan fingerprint density at radius 2 is 1.50 bits per heavy atom. The van der Waals surface area contributed by atoms with Crippen molar-refractivity contribution in [2.24, 2.45) is 5.73 Å². The second-order valence-corrected chi connectivity index (χ2v) is 4.66. The molecule has 0 fully saturated rings. The molecule has 0 amide bonds. The van der Waals surface area contributed by atoms with E-state index in [1.165, 1.54) is 51.4 Å². The fourth-order valence-corrected chi connectivity index (χ4v) is 1.89. The van der Waals surface area contributed by atoms with Crippen molar-refractivity contribution in [2.75, 3.05) is 13.2 Å². The highest BCUT2D eigenvalue weighted by molar-refractivity contribution is 4.60. The van der Waals surface area contributed by atoms with E-state index in [1.807, 2.05) is 6.92 Å². The quantitative estimate of drug-likeness (QED) is 0.515. The van der Waals surface area contributed by atoms with Gasteiger partial charge >= 0.3 is 0 Å². The summed E-state index contributed by atoms with van der Waals surface area (Å²) < 4.78 is 5.30. The van der Waals surface area contributed by atoms with Crippen LogP contribution in [-0.4, -0.2) is 19.3 Å². The topological polar surface area (TPSA) is 35.2 Å². The summed E-state index contributed by atoms with van der Waals surface area (Å²) in [6.45, 7) is 5.93. The lowest BCUT2D eigenvalue weighted by atomic mass is 10.0. The third-order valence-electron chi connectivity index (χ3n) is 3.02. The molecule has 0 saturated heterocycles. The van der Waals surface area contributed by atoms with Crippen LogP contribution in [0.5, 0.6) is 0 Å². The number of ether oxygens (including phenoxy) is 1. The van der Waals surface area contributed by atoms with Gasteiger partial charge in [-0.2, -0.15) is 0 Å². The number of hydrogen-bond donors (Lipinski definition) is 1. The summed E-state index contributed by atoms with van der Waals surface area (Å²) in [7, 11) is 0. The number of hydrogen-bond acceptors (Lipinski definition) is 2. The first kappa shape index (κ1) is 15.9. The minimum Gasteiger partial charge on any atom is -0.382 e. The van der Waals surface area contributed by atoms with Gasteiger partial charge in [-0.3, -0.25) is 0 Å². The summed E-state index contributed by atoms with van der Waals surface area (Å²) in [6, 6.07) is 0.349. The zero-order chi connectivity index (χ0) is 12.1. The van der Waals surface area contributed by atoms with Gasteiger partial charge in [0, 0.05) is 19.3 Å². The number of nitrogens with two attached hydrogens (primary N) is 1. The Labute approximate surface area is 102 Å². The standard InChI is InChI=1S/C14H31NO/c1-3-5-6-7-8-9-10-11-14(15)12-13-16-4-2/h14H,3-13,15H2,1-2H3. The van der Waals surface area contributed by atoms with E-state index in [0.717, 1.165) is 19.6 Å². The molecule has 0 heterocycles. The van der Waals surface area contributed by atoms with Gasteiger partial charge in [0.2, 0.25) is 0 Å². The van der Waals surface area contributed by atoms with Gasteiger partial charge in [-0.05, 0) is 19.8 Å². The molecule has 98 valence electrons. The Hall–Kier alpha value is -0.0800. The average Bonchev–Trinajstić information content (AvgIpc) is 2.28. The molecule has 2 heteroatoms. The summed E-state index contributed by atoms with van der Waals surface area (Å²) in [5, 5.41) is 0. The van der Waals surface area contributed by atoms with Crippen LogP contribution in [0, 0.1) is 0 Å². The van der Waals surface area contributed by atoms with Gasteiger partial charge in [0.15, 0.2) is 0 Å². The zero-order valence-corrected chi connectivity index (χ0v) is 11.3. The van der Waals surface area contributed by atoms with E-state index in [4.69, 9.17) is 10.5 Å². The van der Waals surface area contributed by atoms with Crippen molar-refractivity contribution < 1.29 is 4.74 Å². The second kappa shape index (κ2) is 13.0. The highest BCUT2D eigenvalue weighted by Gasteiger charge is 2.01. The van der Waals surface area contributed by atoms with Gasteiger partial charge in [-0.25, -0.2) is 0 Å². The molecule has 0 aliphatic rings. The van der Waals surface area contributed by atoms with Gasteiger partial charge in [0.05, 0.1) is 0 Å². The van der Waals surface area contributed by atoms with E-state index in [-0.39, 0.29) is 0 Å². The molecule has 0 aromatic rings. The molecule has 0 saturated carbocycles. The van der Waals surface area contributed by atoms with E-state index < -0.39 is 0 Å². The maximum Gasteiger partial charge on any atom is 0.0480 e. The van der Waals surface area contributed by atoms with Gasteiger partial charge < -0.3 is 10.5 Å². The molecule has 0 aliphatic carbocycles. The van der Waals surface area contributed by atoms with Crippen LogP contribution >= 0.6 is 0 Å². The van der Waals surface area contributed by atoms with Crippen LogP contribution in [0.1, 0.15) is 71.6 Å². The normalized spacial score (nSPS) is 12.9. The van der Waals surface area contributed by atoms with Crippen molar-refractivity contribution in [2.45, 2.75) is 77.7 Å². The van der Waals surface area contributed by atoms with E-state index in [9.17, 15) is 0 Å². The monoisotopic (exact) mass is 229 g/mol. The lowest BCUT2D eigenvalue weighted by molar-refractivity contribution is 0.139. The second-order valence-electron chi connectivity index (χ2n) is 4.66. The van der Waals surface area contributed by atoms with Crippen LogP contribution in [-0.2, 0) is 4.74 Å². The van der Waals surface area contributed by atoms with Gasteiger partial charge in [-0.15, -0.1) is 0 Å². The van der Waals surface area contributed by atoms with Crippen LogP contribution in [0.25, 0.3) is 0 Å². The number of rotatable bonds is 12. The van der Waals surface area contributed by atoms with E-state index in [1.54, 1.807) is 0 Å². The third-order valence-corrected chi connectivity index (χ3v) is 3.02. The van der Waals surface area contributed by atoms with Crippen molar-refractivity contribution >= 4 is 0 Å². The minimum atomic E-state index is 0.349. The maximum absolute atomic E-state index is 6.00. The Morgan fingerprint density at radius 3 is 2.12 bits per heavy atom. The fraction of sp³-hybridized carbons (Fsp3) is 1.00. The molecule has 1 atom stereocenters. The third kappa shape index (κ3) is 12.0. The first-order valence-corrected chi connectivity index (χ1v) is 7.14. The highest BCUT2D eigenvalue weighted by atomic mass is 16.5. The first-order chi connectivity index (χ1) is 7.81. The molecule has 1 unspecified atom stereocenters. The van der Waals surface area contributed by atoms with Crippen molar-refractivity contribution in [3.8, 4) is 0 Å². The highest BCUT2D eigenvalue weighted by Crippen LogP contribution is 2.10. The minimum absolute atomic E-state index is 0.349. The molecule has 2 N–H and O–H groups in total. The summed E-state index contributed by atoms with van der Waals surface area (Å²) in [5.41, 5.74) is 6.00. The Morgan fingerprint density at radius 1 is 0.875 bits per heavy atom. The molecule has 0 aromatic carbocycles. The van der Waals surface area contributed by atoms with E-state index in [0.29, 0.717) is 6.04 Å². The van der Waals surface area contributed by atoms with Crippen LogP contribution in [0.15, 0.2) is 0 Å². The SMILES string of the molecule is CCCCCCCCCC(N)CCOCC. The van der Waals surface area contributed by atoms with Gasteiger partial charge in [0.1, 0.15) is 0 Å². The van der Waals surface area contributed by atoms with Crippen LogP contribution in [0.2, 0.25) is 0 Å². The van der Waals surface area contributed by atoms with Crippen molar-refractivity contribution in [3.63, 3.8) is 0 Å². The predicted molar refractivity (Wildman–Crippen MR) is 71.7 cm³/mol. The Kier molecular flexibility index (Phi) is 12.9. The lowest BCUT2D eigenvalue weighted by Gasteiger charge is -2.10. The fourth-order valence-electron chi connectivity index (χ4n) is 1.89. The van der Waals surface area contributed by atoms with Gasteiger partial charge in [0.25, 0.3) is 0 Å². The van der Waals surface area contributed by atoms with E-state index in [2.05, 4.69) is 6.92 Å². The average molecular weight is 229 g/mol. The molecule has 0 aromatic heterocycles. The molecule has 0 aliphatic heterocycles. The number of unbranched alkanes of at least 4 members (excludes halogenated alkanes) is 6. The smallest absolute Gasteiger partial charge is 0.0480 e. The summed E-state index contributed by atoms with van der Waals surface area (Å²) in [5.74, 6) is 0. The van der Waals surface area contributed by atoms with Gasteiger partial charge in [-0.1, -0.05) is 51.9 Å². The summed E-state index contributed by atoms with van der Waals surface area (Å²) >= 11 is 0. The lowest BCUT2D eigenvalue weighted by Crippen LogP contribution is -2.21. The zero-order valence-electron chi connectivity index (χ0n) is 11.3.